The number of rotatable bonds is 2. The Balaban J connectivity index is 1.71. The van der Waals surface area contributed by atoms with Crippen LogP contribution in [-0.4, -0.2) is 23.9 Å². The SMILES string of the molecule is Cc1ccc(N2C(=O)[C@H]3N=NN(c4cccc(F)c4)[C@@H]3C2=O)cc1Cl. The molecule has 6 nitrogen and oxygen atoms in total. The van der Waals surface area contributed by atoms with Crippen molar-refractivity contribution in [1.82, 2.24) is 0 Å². The molecule has 8 heteroatoms. The molecule has 2 aromatic rings. The number of benzene rings is 2. The van der Waals surface area contributed by atoms with Crippen LogP contribution in [0.5, 0.6) is 0 Å². The lowest BCUT2D eigenvalue weighted by atomic mass is 10.1. The fraction of sp³-hybridized carbons (Fsp3) is 0.176. The van der Waals surface area contributed by atoms with E-state index >= 15 is 0 Å². The van der Waals surface area contributed by atoms with E-state index in [1.165, 1.54) is 23.2 Å². The summed E-state index contributed by atoms with van der Waals surface area (Å²) in [6, 6.07) is 8.73. The molecule has 2 aromatic carbocycles. The Morgan fingerprint density at radius 1 is 1.08 bits per heavy atom. The van der Waals surface area contributed by atoms with E-state index < -0.39 is 29.7 Å². The molecule has 2 heterocycles. The first-order valence-electron chi connectivity index (χ1n) is 7.57. The van der Waals surface area contributed by atoms with Gasteiger partial charge in [0.25, 0.3) is 11.8 Å². The molecule has 2 aliphatic heterocycles. The Labute approximate surface area is 147 Å². The average molecular weight is 359 g/mol. The van der Waals surface area contributed by atoms with Gasteiger partial charge in [-0.05, 0) is 42.8 Å². The zero-order chi connectivity index (χ0) is 17.7. The summed E-state index contributed by atoms with van der Waals surface area (Å²) in [6.07, 6.45) is 0. The van der Waals surface area contributed by atoms with E-state index in [4.69, 9.17) is 11.6 Å². The lowest BCUT2D eigenvalue weighted by Crippen LogP contribution is -2.39. The topological polar surface area (TPSA) is 65.3 Å². The van der Waals surface area contributed by atoms with Crippen LogP contribution in [0.25, 0.3) is 0 Å². The van der Waals surface area contributed by atoms with Crippen molar-refractivity contribution < 1.29 is 14.0 Å². The summed E-state index contributed by atoms with van der Waals surface area (Å²) in [5.41, 5.74) is 1.58. The molecule has 0 unspecified atom stereocenters. The molecular weight excluding hydrogens is 347 g/mol. The summed E-state index contributed by atoms with van der Waals surface area (Å²) in [6.45, 7) is 1.83. The van der Waals surface area contributed by atoms with Crippen LogP contribution in [-0.2, 0) is 9.59 Å². The fourth-order valence-corrected chi connectivity index (χ4v) is 3.14. The molecule has 0 spiro atoms. The van der Waals surface area contributed by atoms with Crippen LogP contribution in [0.4, 0.5) is 15.8 Å². The van der Waals surface area contributed by atoms with Gasteiger partial charge in [0, 0.05) is 5.02 Å². The van der Waals surface area contributed by atoms with Gasteiger partial charge >= 0.3 is 0 Å². The summed E-state index contributed by atoms with van der Waals surface area (Å²) < 4.78 is 13.5. The number of carbonyl (C=O) groups is 2. The van der Waals surface area contributed by atoms with Gasteiger partial charge in [-0.1, -0.05) is 29.0 Å². The lowest BCUT2D eigenvalue weighted by Gasteiger charge is -2.20. The molecule has 0 aromatic heterocycles. The predicted octanol–water partition coefficient (Wildman–Crippen LogP) is 3.29. The van der Waals surface area contributed by atoms with Crippen LogP contribution in [0.1, 0.15) is 5.56 Å². The van der Waals surface area contributed by atoms with E-state index in [0.29, 0.717) is 16.4 Å². The fourth-order valence-electron chi connectivity index (χ4n) is 2.97. The molecule has 1 saturated heterocycles. The highest BCUT2D eigenvalue weighted by Crippen LogP contribution is 2.36. The number of carbonyl (C=O) groups excluding carboxylic acids is 2. The Morgan fingerprint density at radius 3 is 2.60 bits per heavy atom. The Bertz CT molecular complexity index is 933. The third-order valence-electron chi connectivity index (χ3n) is 4.27. The first kappa shape index (κ1) is 15.7. The number of aryl methyl sites for hydroxylation is 1. The van der Waals surface area contributed by atoms with E-state index in [0.717, 1.165) is 10.5 Å². The maximum atomic E-state index is 13.5. The summed E-state index contributed by atoms with van der Waals surface area (Å²) in [5.74, 6) is -1.41. The van der Waals surface area contributed by atoms with Crippen molar-refractivity contribution in [3.8, 4) is 0 Å². The largest absolute Gasteiger partial charge is 0.271 e. The van der Waals surface area contributed by atoms with E-state index in [1.807, 2.05) is 6.92 Å². The van der Waals surface area contributed by atoms with Crippen molar-refractivity contribution in [2.75, 3.05) is 9.91 Å². The van der Waals surface area contributed by atoms with Gasteiger partial charge in [-0.15, -0.1) is 0 Å². The highest BCUT2D eigenvalue weighted by atomic mass is 35.5. The summed E-state index contributed by atoms with van der Waals surface area (Å²) in [7, 11) is 0. The predicted molar refractivity (Wildman–Crippen MR) is 90.0 cm³/mol. The molecule has 2 atom stereocenters. The van der Waals surface area contributed by atoms with Gasteiger partial charge in [0.15, 0.2) is 12.1 Å². The lowest BCUT2D eigenvalue weighted by molar-refractivity contribution is -0.121. The van der Waals surface area contributed by atoms with Gasteiger partial charge in [-0.3, -0.25) is 9.59 Å². The minimum atomic E-state index is -0.948. The van der Waals surface area contributed by atoms with Gasteiger partial charge in [0.2, 0.25) is 0 Å². The third kappa shape index (κ3) is 2.39. The number of imide groups is 1. The Kier molecular flexibility index (Phi) is 3.54. The summed E-state index contributed by atoms with van der Waals surface area (Å²) in [5, 5.41) is 9.54. The first-order chi connectivity index (χ1) is 12.0. The van der Waals surface area contributed by atoms with Crippen molar-refractivity contribution in [3.63, 3.8) is 0 Å². The zero-order valence-corrected chi connectivity index (χ0v) is 13.8. The molecule has 0 saturated carbocycles. The van der Waals surface area contributed by atoms with Crippen LogP contribution >= 0.6 is 11.6 Å². The molecular formula is C17H12ClFN4O2. The minimum absolute atomic E-state index is 0.362. The molecule has 0 radical (unpaired) electrons. The van der Waals surface area contributed by atoms with Gasteiger partial charge in [-0.2, -0.15) is 5.11 Å². The number of hydrogen-bond acceptors (Lipinski definition) is 5. The van der Waals surface area contributed by atoms with E-state index in [9.17, 15) is 14.0 Å². The second kappa shape index (κ2) is 5.63. The average Bonchev–Trinajstić information content (AvgIpc) is 3.12. The molecule has 0 bridgehead atoms. The minimum Gasteiger partial charge on any atom is -0.271 e. The number of amides is 2. The van der Waals surface area contributed by atoms with Gasteiger partial charge in [0.05, 0.1) is 11.4 Å². The van der Waals surface area contributed by atoms with E-state index in [-0.39, 0.29) is 0 Å². The molecule has 0 N–H and O–H groups in total. The van der Waals surface area contributed by atoms with Crippen LogP contribution in [0, 0.1) is 12.7 Å². The second-order valence-corrected chi connectivity index (χ2v) is 6.27. The molecule has 2 amide bonds. The maximum absolute atomic E-state index is 13.5. The number of fused-ring (bicyclic) bond motifs is 1. The second-order valence-electron chi connectivity index (χ2n) is 5.86. The maximum Gasteiger partial charge on any atom is 0.263 e. The van der Waals surface area contributed by atoms with Crippen molar-refractivity contribution >= 4 is 34.8 Å². The standard InChI is InChI=1S/C17H12ClFN4O2/c1-9-5-6-11(8-13(9)18)22-16(24)14-15(17(22)25)23(21-20-14)12-4-2-3-10(19)7-12/h2-8,14-15H,1H3/t14-,15-/m0/s1. The molecule has 2 aliphatic rings. The number of hydrogen-bond donors (Lipinski definition) is 0. The monoisotopic (exact) mass is 358 g/mol. The van der Waals surface area contributed by atoms with Crippen molar-refractivity contribution in [3.05, 3.63) is 58.9 Å². The van der Waals surface area contributed by atoms with Crippen LogP contribution in [0.3, 0.4) is 0 Å². The van der Waals surface area contributed by atoms with Gasteiger partial charge in [-0.25, -0.2) is 14.3 Å². The highest BCUT2D eigenvalue weighted by molar-refractivity contribution is 6.32. The van der Waals surface area contributed by atoms with Gasteiger partial charge < -0.3 is 0 Å². The molecule has 25 heavy (non-hydrogen) atoms. The van der Waals surface area contributed by atoms with E-state index in [1.54, 1.807) is 24.3 Å². The Hall–Kier alpha value is -2.80. The number of anilines is 2. The zero-order valence-electron chi connectivity index (χ0n) is 13.1. The van der Waals surface area contributed by atoms with Gasteiger partial charge in [0.1, 0.15) is 5.82 Å². The molecule has 4 rings (SSSR count). The Morgan fingerprint density at radius 2 is 1.88 bits per heavy atom. The highest BCUT2D eigenvalue weighted by Gasteiger charge is 2.55. The number of nitrogens with zero attached hydrogens (tertiary/aromatic N) is 4. The molecule has 126 valence electrons. The molecule has 0 aliphatic carbocycles. The van der Waals surface area contributed by atoms with Crippen LogP contribution in [0.2, 0.25) is 5.02 Å². The van der Waals surface area contributed by atoms with Crippen LogP contribution in [0.15, 0.2) is 52.8 Å². The number of halogens is 2. The smallest absolute Gasteiger partial charge is 0.263 e. The van der Waals surface area contributed by atoms with Crippen LogP contribution < -0.4 is 9.91 Å². The van der Waals surface area contributed by atoms with Crippen molar-refractivity contribution in [1.29, 1.82) is 0 Å². The first-order valence-corrected chi connectivity index (χ1v) is 7.95. The quantitative estimate of drug-likeness (QED) is 0.774. The van der Waals surface area contributed by atoms with Crippen molar-refractivity contribution in [2.24, 2.45) is 10.3 Å². The normalized spacial score (nSPS) is 22.0. The van der Waals surface area contributed by atoms with E-state index in [2.05, 4.69) is 10.3 Å². The third-order valence-corrected chi connectivity index (χ3v) is 4.68. The van der Waals surface area contributed by atoms with Crippen molar-refractivity contribution in [2.45, 2.75) is 19.0 Å². The summed E-state index contributed by atoms with van der Waals surface area (Å²) in [4.78, 5) is 26.6. The molecule has 1 fully saturated rings. The summed E-state index contributed by atoms with van der Waals surface area (Å²) >= 11 is 6.11.